The Hall–Kier alpha value is -2.34. The summed E-state index contributed by atoms with van der Waals surface area (Å²) in [5, 5.41) is 3.04. The Kier molecular flexibility index (Phi) is 6.86. The van der Waals surface area contributed by atoms with Gasteiger partial charge in [-0.2, -0.15) is 0 Å². The van der Waals surface area contributed by atoms with Crippen molar-refractivity contribution in [3.8, 4) is 0 Å². The first-order valence-electron chi connectivity index (χ1n) is 10.6. The van der Waals surface area contributed by atoms with E-state index < -0.39 is 10.0 Å². The van der Waals surface area contributed by atoms with E-state index in [0.717, 1.165) is 42.2 Å². The Morgan fingerprint density at radius 2 is 1.73 bits per heavy atom. The smallest absolute Gasteiger partial charge is 0.241 e. The van der Waals surface area contributed by atoms with Crippen LogP contribution in [0.15, 0.2) is 36.4 Å². The number of nitrogens with zero attached hydrogens (tertiary/aromatic N) is 1. The molecule has 30 heavy (non-hydrogen) atoms. The number of amides is 1. The van der Waals surface area contributed by atoms with Crippen molar-refractivity contribution in [2.75, 3.05) is 17.1 Å². The maximum absolute atomic E-state index is 12.8. The number of hydrogen-bond acceptors (Lipinski definition) is 3. The van der Waals surface area contributed by atoms with Gasteiger partial charge in [0.05, 0.1) is 18.0 Å². The third-order valence-corrected chi connectivity index (χ3v) is 7.12. The third kappa shape index (κ3) is 5.22. The fourth-order valence-corrected chi connectivity index (χ4v) is 4.89. The van der Waals surface area contributed by atoms with Gasteiger partial charge in [0.1, 0.15) is 6.54 Å². The van der Waals surface area contributed by atoms with Crippen molar-refractivity contribution in [2.24, 2.45) is 0 Å². The Bertz CT molecular complexity index is 1030. The first-order valence-corrected chi connectivity index (χ1v) is 12.5. The van der Waals surface area contributed by atoms with Crippen molar-refractivity contribution < 1.29 is 13.2 Å². The molecule has 2 aromatic rings. The second kappa shape index (κ2) is 9.21. The number of carbonyl (C=O) groups is 1. The van der Waals surface area contributed by atoms with E-state index in [4.69, 9.17) is 0 Å². The molecule has 0 radical (unpaired) electrons. The standard InChI is InChI=1S/C24H32N2O3S/c1-5-23(21-12-11-19-8-6-7-9-20(19)15-21)25-24(27)16-26(30(4,28)29)22-13-10-17(2)18(3)14-22/h10-15,23H,5-9,16H2,1-4H3,(H,25,27)/t23-/m0/s1. The predicted molar refractivity (Wildman–Crippen MR) is 122 cm³/mol. The molecule has 0 aliphatic heterocycles. The predicted octanol–water partition coefficient (Wildman–Crippen LogP) is 4.22. The lowest BCUT2D eigenvalue weighted by Gasteiger charge is -2.25. The highest BCUT2D eigenvalue weighted by atomic mass is 32.2. The summed E-state index contributed by atoms with van der Waals surface area (Å²) in [6, 6.07) is 11.8. The number of nitrogens with one attached hydrogen (secondary N) is 1. The fourth-order valence-electron chi connectivity index (χ4n) is 4.04. The summed E-state index contributed by atoms with van der Waals surface area (Å²) in [6.45, 7) is 5.70. The molecule has 1 aliphatic rings. The molecule has 0 spiro atoms. The molecular weight excluding hydrogens is 396 g/mol. The highest BCUT2D eigenvalue weighted by Crippen LogP contribution is 2.26. The molecule has 6 heteroatoms. The van der Waals surface area contributed by atoms with Gasteiger partial charge in [0.2, 0.25) is 15.9 Å². The van der Waals surface area contributed by atoms with Gasteiger partial charge in [0.15, 0.2) is 0 Å². The second-order valence-electron chi connectivity index (χ2n) is 8.30. The minimum Gasteiger partial charge on any atom is -0.348 e. The van der Waals surface area contributed by atoms with Crippen LogP contribution in [0.25, 0.3) is 0 Å². The lowest BCUT2D eigenvalue weighted by molar-refractivity contribution is -0.120. The zero-order chi connectivity index (χ0) is 21.9. The van der Waals surface area contributed by atoms with Gasteiger partial charge >= 0.3 is 0 Å². The second-order valence-corrected chi connectivity index (χ2v) is 10.2. The Morgan fingerprint density at radius 1 is 1.03 bits per heavy atom. The number of sulfonamides is 1. The molecule has 0 saturated heterocycles. The van der Waals surface area contributed by atoms with E-state index in [1.165, 1.54) is 28.3 Å². The number of benzene rings is 2. The number of fused-ring (bicyclic) bond motifs is 1. The molecule has 1 amide bonds. The number of carbonyl (C=O) groups excluding carboxylic acids is 1. The summed E-state index contributed by atoms with van der Waals surface area (Å²) in [5.41, 5.74) is 6.45. The van der Waals surface area contributed by atoms with Crippen LogP contribution in [0.2, 0.25) is 0 Å². The molecule has 0 fully saturated rings. The average Bonchev–Trinajstić information content (AvgIpc) is 2.71. The van der Waals surface area contributed by atoms with E-state index in [2.05, 4.69) is 23.5 Å². The Morgan fingerprint density at radius 3 is 2.37 bits per heavy atom. The number of hydrogen-bond donors (Lipinski definition) is 1. The zero-order valence-electron chi connectivity index (χ0n) is 18.4. The molecule has 0 heterocycles. The van der Waals surface area contributed by atoms with Crippen LogP contribution >= 0.6 is 0 Å². The fraction of sp³-hybridized carbons (Fsp3) is 0.458. The zero-order valence-corrected chi connectivity index (χ0v) is 19.2. The van der Waals surface area contributed by atoms with Gasteiger partial charge in [-0.1, -0.05) is 31.2 Å². The Labute approximate surface area is 180 Å². The molecule has 1 N–H and O–H groups in total. The van der Waals surface area contributed by atoms with Crippen molar-refractivity contribution in [3.63, 3.8) is 0 Å². The van der Waals surface area contributed by atoms with E-state index in [0.29, 0.717) is 5.69 Å². The van der Waals surface area contributed by atoms with Gasteiger partial charge in [-0.25, -0.2) is 8.42 Å². The van der Waals surface area contributed by atoms with Gasteiger partial charge in [0.25, 0.3) is 0 Å². The monoisotopic (exact) mass is 428 g/mol. The van der Waals surface area contributed by atoms with E-state index in [1.807, 2.05) is 32.9 Å². The summed E-state index contributed by atoms with van der Waals surface area (Å²) in [6.07, 6.45) is 6.53. The van der Waals surface area contributed by atoms with Gasteiger partial charge < -0.3 is 5.32 Å². The Balaban J connectivity index is 1.77. The minimum absolute atomic E-state index is 0.133. The first-order chi connectivity index (χ1) is 14.2. The minimum atomic E-state index is -3.59. The van der Waals surface area contributed by atoms with Gasteiger partial charge in [0, 0.05) is 0 Å². The van der Waals surface area contributed by atoms with Crippen LogP contribution in [0.4, 0.5) is 5.69 Å². The van der Waals surface area contributed by atoms with E-state index in [-0.39, 0.29) is 18.5 Å². The number of rotatable bonds is 7. The molecule has 0 aromatic heterocycles. The van der Waals surface area contributed by atoms with Crippen LogP contribution in [0.5, 0.6) is 0 Å². The van der Waals surface area contributed by atoms with Crippen LogP contribution in [-0.4, -0.2) is 27.1 Å². The molecule has 162 valence electrons. The average molecular weight is 429 g/mol. The third-order valence-electron chi connectivity index (χ3n) is 5.98. The summed E-state index contributed by atoms with van der Waals surface area (Å²) in [7, 11) is -3.59. The van der Waals surface area contributed by atoms with Gasteiger partial charge in [-0.15, -0.1) is 0 Å². The highest BCUT2D eigenvalue weighted by molar-refractivity contribution is 7.92. The van der Waals surface area contributed by atoms with Crippen molar-refractivity contribution in [2.45, 2.75) is 58.9 Å². The molecule has 2 aromatic carbocycles. The van der Waals surface area contributed by atoms with Gasteiger partial charge in [-0.05, 0) is 85.9 Å². The SMILES string of the molecule is CC[C@H](NC(=O)CN(c1ccc(C)c(C)c1)S(C)(=O)=O)c1ccc2c(c1)CCCC2. The molecule has 0 saturated carbocycles. The van der Waals surface area contributed by atoms with Crippen molar-refractivity contribution in [3.05, 3.63) is 64.2 Å². The highest BCUT2D eigenvalue weighted by Gasteiger charge is 2.23. The van der Waals surface area contributed by atoms with Crippen molar-refractivity contribution >= 4 is 21.6 Å². The summed E-state index contributed by atoms with van der Waals surface area (Å²) >= 11 is 0. The lowest BCUT2D eigenvalue weighted by atomic mass is 9.89. The van der Waals surface area contributed by atoms with Gasteiger partial charge in [-0.3, -0.25) is 9.10 Å². The molecule has 3 rings (SSSR count). The lowest BCUT2D eigenvalue weighted by Crippen LogP contribution is -2.41. The quantitative estimate of drug-likeness (QED) is 0.718. The summed E-state index contributed by atoms with van der Waals surface area (Å²) < 4.78 is 26.0. The van der Waals surface area contributed by atoms with E-state index in [1.54, 1.807) is 6.07 Å². The summed E-state index contributed by atoms with van der Waals surface area (Å²) in [4.78, 5) is 12.8. The maximum Gasteiger partial charge on any atom is 0.241 e. The molecule has 5 nitrogen and oxygen atoms in total. The van der Waals surface area contributed by atoms with Crippen LogP contribution in [0.1, 0.15) is 60.0 Å². The van der Waals surface area contributed by atoms with Crippen molar-refractivity contribution in [1.29, 1.82) is 0 Å². The maximum atomic E-state index is 12.8. The number of aryl methyl sites for hydroxylation is 4. The van der Waals surface area contributed by atoms with E-state index in [9.17, 15) is 13.2 Å². The summed E-state index contributed by atoms with van der Waals surface area (Å²) in [5.74, 6) is -0.303. The number of anilines is 1. The van der Waals surface area contributed by atoms with Crippen LogP contribution < -0.4 is 9.62 Å². The topological polar surface area (TPSA) is 66.5 Å². The normalized spacial score (nSPS) is 14.7. The van der Waals surface area contributed by atoms with Crippen LogP contribution in [-0.2, 0) is 27.7 Å². The first kappa shape index (κ1) is 22.3. The van der Waals surface area contributed by atoms with Crippen LogP contribution in [0, 0.1) is 13.8 Å². The molecule has 1 aliphatic carbocycles. The molecule has 0 bridgehead atoms. The van der Waals surface area contributed by atoms with Crippen molar-refractivity contribution in [1.82, 2.24) is 5.32 Å². The molecule has 1 atom stereocenters. The largest absolute Gasteiger partial charge is 0.348 e. The van der Waals surface area contributed by atoms with E-state index >= 15 is 0 Å². The molecule has 0 unspecified atom stereocenters. The molecular formula is C24H32N2O3S. The van der Waals surface area contributed by atoms with Crippen LogP contribution in [0.3, 0.4) is 0 Å².